The lowest BCUT2D eigenvalue weighted by molar-refractivity contribution is -0.0498. The third-order valence-electron chi connectivity index (χ3n) is 3.06. The Morgan fingerprint density at radius 2 is 1.78 bits per heavy atom. The number of aliphatic hydroxyl groups is 1. The fraction of sp³-hybridized carbons (Fsp3) is 0.188. The first kappa shape index (κ1) is 16.8. The van der Waals surface area contributed by atoms with Crippen molar-refractivity contribution in [2.45, 2.75) is 12.7 Å². The molecule has 0 aromatic heterocycles. The minimum Gasteiger partial charge on any atom is -0.435 e. The first-order valence-corrected chi connectivity index (χ1v) is 6.73. The number of carbonyl (C=O) groups is 1. The van der Waals surface area contributed by atoms with Crippen LogP contribution in [0.5, 0.6) is 5.75 Å². The van der Waals surface area contributed by atoms with E-state index in [-0.39, 0.29) is 17.9 Å². The van der Waals surface area contributed by atoms with Gasteiger partial charge in [0.1, 0.15) is 11.6 Å². The Hall–Kier alpha value is -2.54. The van der Waals surface area contributed by atoms with Gasteiger partial charge in [0.25, 0.3) is 5.91 Å². The van der Waals surface area contributed by atoms with Gasteiger partial charge < -0.3 is 15.2 Å². The van der Waals surface area contributed by atoms with Gasteiger partial charge in [-0.2, -0.15) is 8.78 Å². The van der Waals surface area contributed by atoms with Crippen molar-refractivity contribution >= 4 is 5.91 Å². The normalized spacial score (nSPS) is 12.0. The van der Waals surface area contributed by atoms with Gasteiger partial charge in [0.2, 0.25) is 0 Å². The average molecular weight is 325 g/mol. The van der Waals surface area contributed by atoms with E-state index in [1.165, 1.54) is 42.5 Å². The Morgan fingerprint density at radius 3 is 2.39 bits per heavy atom. The highest BCUT2D eigenvalue weighted by atomic mass is 19.3. The maximum Gasteiger partial charge on any atom is 0.387 e. The van der Waals surface area contributed by atoms with Crippen molar-refractivity contribution in [3.63, 3.8) is 0 Å². The summed E-state index contributed by atoms with van der Waals surface area (Å²) in [5.74, 6) is -1.35. The van der Waals surface area contributed by atoms with Crippen molar-refractivity contribution in [3.05, 3.63) is 65.5 Å². The van der Waals surface area contributed by atoms with Crippen LogP contribution >= 0.6 is 0 Å². The molecule has 23 heavy (non-hydrogen) atoms. The van der Waals surface area contributed by atoms with Crippen LogP contribution in [0.25, 0.3) is 0 Å². The summed E-state index contributed by atoms with van der Waals surface area (Å²) >= 11 is 0. The molecule has 4 nitrogen and oxygen atoms in total. The molecule has 2 N–H and O–H groups in total. The summed E-state index contributed by atoms with van der Waals surface area (Å²) in [5, 5.41) is 12.4. The van der Waals surface area contributed by atoms with Gasteiger partial charge in [-0.05, 0) is 29.8 Å². The number of halogens is 3. The van der Waals surface area contributed by atoms with Gasteiger partial charge in [-0.25, -0.2) is 4.39 Å². The van der Waals surface area contributed by atoms with E-state index in [2.05, 4.69) is 10.1 Å². The van der Waals surface area contributed by atoms with Gasteiger partial charge >= 0.3 is 6.61 Å². The third kappa shape index (κ3) is 4.72. The standard InChI is InChI=1S/C16H14F3NO3/c17-13-4-2-1-3-12(13)15(22)20-9-14(21)10-5-7-11(8-6-10)23-16(18)19/h1-8,14,16,21H,9H2,(H,20,22). The molecule has 2 rings (SSSR count). The molecule has 2 aromatic rings. The molecule has 122 valence electrons. The SMILES string of the molecule is O=C(NCC(O)c1ccc(OC(F)F)cc1)c1ccccc1F. The number of benzene rings is 2. The van der Waals surface area contributed by atoms with Gasteiger partial charge in [0, 0.05) is 6.54 Å². The molecular weight excluding hydrogens is 311 g/mol. The number of amides is 1. The fourth-order valence-corrected chi connectivity index (χ4v) is 1.92. The van der Waals surface area contributed by atoms with Crippen LogP contribution in [0.4, 0.5) is 13.2 Å². The van der Waals surface area contributed by atoms with E-state index in [1.54, 1.807) is 0 Å². The molecule has 0 saturated heterocycles. The summed E-state index contributed by atoms with van der Waals surface area (Å²) in [6, 6.07) is 10.8. The van der Waals surface area contributed by atoms with Crippen LogP contribution in [0.1, 0.15) is 22.0 Å². The molecule has 2 aromatic carbocycles. The van der Waals surface area contributed by atoms with Crippen LogP contribution in [0.2, 0.25) is 0 Å². The quantitative estimate of drug-likeness (QED) is 0.858. The molecular formula is C16H14F3NO3. The first-order chi connectivity index (χ1) is 11.0. The second-order valence-corrected chi connectivity index (χ2v) is 4.65. The minimum atomic E-state index is -2.93. The van der Waals surface area contributed by atoms with E-state index < -0.39 is 24.4 Å². The molecule has 1 atom stereocenters. The van der Waals surface area contributed by atoms with E-state index >= 15 is 0 Å². The van der Waals surface area contributed by atoms with Crippen LogP contribution in [-0.4, -0.2) is 24.2 Å². The second kappa shape index (κ2) is 7.64. The number of carbonyl (C=O) groups excluding carboxylic acids is 1. The number of hydrogen-bond acceptors (Lipinski definition) is 3. The number of rotatable bonds is 6. The van der Waals surface area contributed by atoms with Crippen molar-refractivity contribution in [2.24, 2.45) is 0 Å². The summed E-state index contributed by atoms with van der Waals surface area (Å²) in [4.78, 5) is 11.8. The highest BCUT2D eigenvalue weighted by Gasteiger charge is 2.14. The summed E-state index contributed by atoms with van der Waals surface area (Å²) in [6.45, 7) is -3.08. The predicted molar refractivity (Wildman–Crippen MR) is 76.8 cm³/mol. The van der Waals surface area contributed by atoms with Crippen molar-refractivity contribution in [3.8, 4) is 5.75 Å². The van der Waals surface area contributed by atoms with Crippen LogP contribution in [0.3, 0.4) is 0 Å². The minimum absolute atomic E-state index is 0.0358. The van der Waals surface area contributed by atoms with Gasteiger partial charge in [-0.15, -0.1) is 0 Å². The molecule has 1 amide bonds. The maximum absolute atomic E-state index is 13.4. The summed E-state index contributed by atoms with van der Waals surface area (Å²) < 4.78 is 41.7. The van der Waals surface area contributed by atoms with Crippen LogP contribution < -0.4 is 10.1 Å². The number of nitrogens with one attached hydrogen (secondary N) is 1. The molecule has 0 aliphatic rings. The van der Waals surface area contributed by atoms with E-state index in [0.29, 0.717) is 5.56 Å². The lowest BCUT2D eigenvalue weighted by Crippen LogP contribution is -2.29. The van der Waals surface area contributed by atoms with Crippen LogP contribution in [-0.2, 0) is 0 Å². The van der Waals surface area contributed by atoms with E-state index in [1.807, 2.05) is 0 Å². The van der Waals surface area contributed by atoms with Crippen molar-refractivity contribution in [1.82, 2.24) is 5.32 Å². The van der Waals surface area contributed by atoms with Crippen molar-refractivity contribution in [2.75, 3.05) is 6.54 Å². The summed E-state index contributed by atoms with van der Waals surface area (Å²) in [6.07, 6.45) is -1.06. The monoisotopic (exact) mass is 325 g/mol. The Kier molecular flexibility index (Phi) is 5.59. The Bertz CT molecular complexity index is 662. The molecule has 0 aliphatic carbocycles. The molecule has 0 heterocycles. The smallest absolute Gasteiger partial charge is 0.387 e. The largest absolute Gasteiger partial charge is 0.435 e. The number of alkyl halides is 2. The lowest BCUT2D eigenvalue weighted by atomic mass is 10.1. The Morgan fingerprint density at radius 1 is 1.13 bits per heavy atom. The van der Waals surface area contributed by atoms with Gasteiger partial charge in [0.15, 0.2) is 0 Å². The zero-order chi connectivity index (χ0) is 16.8. The number of aliphatic hydroxyl groups excluding tert-OH is 1. The molecule has 0 aliphatic heterocycles. The fourth-order valence-electron chi connectivity index (χ4n) is 1.92. The molecule has 0 fully saturated rings. The highest BCUT2D eigenvalue weighted by molar-refractivity contribution is 5.94. The van der Waals surface area contributed by atoms with Crippen molar-refractivity contribution < 1.29 is 27.8 Å². The lowest BCUT2D eigenvalue weighted by Gasteiger charge is -2.13. The second-order valence-electron chi connectivity index (χ2n) is 4.65. The first-order valence-electron chi connectivity index (χ1n) is 6.73. The third-order valence-corrected chi connectivity index (χ3v) is 3.06. The molecule has 0 spiro atoms. The van der Waals surface area contributed by atoms with Crippen molar-refractivity contribution in [1.29, 1.82) is 0 Å². The van der Waals surface area contributed by atoms with Crippen LogP contribution in [0, 0.1) is 5.82 Å². The maximum atomic E-state index is 13.4. The molecule has 7 heteroatoms. The molecule has 0 radical (unpaired) electrons. The van der Waals surface area contributed by atoms with Gasteiger partial charge in [-0.3, -0.25) is 4.79 Å². The Labute approximate surface area is 130 Å². The van der Waals surface area contributed by atoms with E-state index in [9.17, 15) is 23.1 Å². The van der Waals surface area contributed by atoms with E-state index in [4.69, 9.17) is 0 Å². The summed E-state index contributed by atoms with van der Waals surface area (Å²) in [7, 11) is 0. The number of hydrogen-bond donors (Lipinski definition) is 2. The predicted octanol–water partition coefficient (Wildman–Crippen LogP) is 2.89. The molecule has 0 saturated carbocycles. The highest BCUT2D eigenvalue weighted by Crippen LogP contribution is 2.19. The number of ether oxygens (including phenoxy) is 1. The van der Waals surface area contributed by atoms with Gasteiger partial charge in [-0.1, -0.05) is 24.3 Å². The molecule has 0 bridgehead atoms. The zero-order valence-corrected chi connectivity index (χ0v) is 11.9. The van der Waals surface area contributed by atoms with E-state index in [0.717, 1.165) is 6.07 Å². The summed E-state index contributed by atoms with van der Waals surface area (Å²) in [5.41, 5.74) is 0.279. The molecule has 1 unspecified atom stereocenters. The Balaban J connectivity index is 1.93. The van der Waals surface area contributed by atoms with Crippen LogP contribution in [0.15, 0.2) is 48.5 Å². The zero-order valence-electron chi connectivity index (χ0n) is 11.9. The average Bonchev–Trinajstić information content (AvgIpc) is 2.53. The van der Waals surface area contributed by atoms with Gasteiger partial charge in [0.05, 0.1) is 11.7 Å². The topological polar surface area (TPSA) is 58.6 Å².